The van der Waals surface area contributed by atoms with E-state index in [1.54, 1.807) is 24.3 Å². The number of carbonyl (C=O) groups excluding carboxylic acids is 1. The Labute approximate surface area is 118 Å². The van der Waals surface area contributed by atoms with Crippen molar-refractivity contribution >= 4 is 17.3 Å². The summed E-state index contributed by atoms with van der Waals surface area (Å²) >= 11 is 0. The van der Waals surface area contributed by atoms with Gasteiger partial charge in [-0.3, -0.25) is 4.79 Å². The molecule has 0 fully saturated rings. The first-order valence-electron chi connectivity index (χ1n) is 6.41. The van der Waals surface area contributed by atoms with Crippen LogP contribution >= 0.6 is 0 Å². The van der Waals surface area contributed by atoms with Gasteiger partial charge in [0.15, 0.2) is 0 Å². The molecule has 1 amide bonds. The number of nitrogens with two attached hydrogens (primary N) is 1. The molecule has 0 heterocycles. The maximum Gasteiger partial charge on any atom is 0.228 e. The number of phenols is 1. The van der Waals surface area contributed by atoms with E-state index in [1.165, 1.54) is 0 Å². The van der Waals surface area contributed by atoms with Gasteiger partial charge in [0.2, 0.25) is 5.91 Å². The maximum absolute atomic E-state index is 12.0. The van der Waals surface area contributed by atoms with Gasteiger partial charge in [-0.1, -0.05) is 18.2 Å². The third kappa shape index (κ3) is 3.09. The van der Waals surface area contributed by atoms with Crippen molar-refractivity contribution in [1.29, 1.82) is 0 Å². The van der Waals surface area contributed by atoms with E-state index in [9.17, 15) is 9.90 Å². The number of rotatable bonds is 3. The Morgan fingerprint density at radius 1 is 1.20 bits per heavy atom. The second-order valence-electron chi connectivity index (χ2n) is 4.88. The van der Waals surface area contributed by atoms with E-state index in [0.717, 1.165) is 16.8 Å². The predicted octanol–water partition coefficient (Wildman–Crippen LogP) is 2.77. The lowest BCUT2D eigenvalue weighted by molar-refractivity contribution is -0.115. The molecule has 2 rings (SSSR count). The number of carbonyl (C=O) groups is 1. The van der Waals surface area contributed by atoms with Crippen LogP contribution in [0.25, 0.3) is 0 Å². The fourth-order valence-corrected chi connectivity index (χ4v) is 2.00. The number of aryl methyl sites for hydroxylation is 2. The first kappa shape index (κ1) is 13.9. The lowest BCUT2D eigenvalue weighted by Crippen LogP contribution is -2.15. The lowest BCUT2D eigenvalue weighted by atomic mass is 10.1. The molecule has 0 spiro atoms. The van der Waals surface area contributed by atoms with Crippen LogP contribution in [0.4, 0.5) is 11.4 Å². The van der Waals surface area contributed by atoms with Crippen molar-refractivity contribution in [2.24, 2.45) is 0 Å². The molecule has 0 bridgehead atoms. The average Bonchev–Trinajstić information content (AvgIpc) is 2.39. The van der Waals surface area contributed by atoms with Crippen LogP contribution < -0.4 is 11.1 Å². The van der Waals surface area contributed by atoms with Gasteiger partial charge in [-0.15, -0.1) is 0 Å². The van der Waals surface area contributed by atoms with Crippen LogP contribution in [0, 0.1) is 13.8 Å². The summed E-state index contributed by atoms with van der Waals surface area (Å²) in [5, 5.41) is 12.5. The van der Waals surface area contributed by atoms with Gasteiger partial charge < -0.3 is 16.2 Å². The number of anilines is 2. The number of amides is 1. The van der Waals surface area contributed by atoms with Crippen LogP contribution in [0.3, 0.4) is 0 Å². The molecule has 104 valence electrons. The second-order valence-corrected chi connectivity index (χ2v) is 4.88. The Bertz CT molecular complexity index is 651. The summed E-state index contributed by atoms with van der Waals surface area (Å²) < 4.78 is 0. The van der Waals surface area contributed by atoms with Crippen molar-refractivity contribution in [2.75, 3.05) is 11.1 Å². The Morgan fingerprint density at radius 3 is 2.60 bits per heavy atom. The van der Waals surface area contributed by atoms with Gasteiger partial charge >= 0.3 is 0 Å². The highest BCUT2D eigenvalue weighted by Gasteiger charge is 2.09. The molecule has 4 N–H and O–H groups in total. The molecule has 0 aromatic heterocycles. The van der Waals surface area contributed by atoms with Gasteiger partial charge in [0, 0.05) is 16.9 Å². The van der Waals surface area contributed by atoms with E-state index in [2.05, 4.69) is 5.32 Å². The van der Waals surface area contributed by atoms with Crippen LogP contribution in [0.2, 0.25) is 0 Å². The Balaban J connectivity index is 2.13. The number of hydrogen-bond acceptors (Lipinski definition) is 3. The third-order valence-electron chi connectivity index (χ3n) is 3.23. The third-order valence-corrected chi connectivity index (χ3v) is 3.23. The molecule has 20 heavy (non-hydrogen) atoms. The minimum Gasteiger partial charge on any atom is -0.508 e. The van der Waals surface area contributed by atoms with Crippen LogP contribution in [-0.4, -0.2) is 11.0 Å². The van der Waals surface area contributed by atoms with E-state index >= 15 is 0 Å². The summed E-state index contributed by atoms with van der Waals surface area (Å²) in [7, 11) is 0. The van der Waals surface area contributed by atoms with Crippen molar-refractivity contribution in [3.05, 3.63) is 53.1 Å². The highest BCUT2D eigenvalue weighted by Crippen LogP contribution is 2.23. The average molecular weight is 270 g/mol. The molecule has 0 unspecified atom stereocenters. The van der Waals surface area contributed by atoms with Crippen molar-refractivity contribution < 1.29 is 9.90 Å². The van der Waals surface area contributed by atoms with E-state index < -0.39 is 0 Å². The number of nitrogen functional groups attached to an aromatic ring is 1. The van der Waals surface area contributed by atoms with Crippen LogP contribution in [0.5, 0.6) is 5.75 Å². The minimum absolute atomic E-state index is 0.132. The van der Waals surface area contributed by atoms with E-state index in [-0.39, 0.29) is 18.1 Å². The lowest BCUT2D eigenvalue weighted by Gasteiger charge is -2.11. The number of phenolic OH excluding ortho intramolecular Hbond substituents is 1. The van der Waals surface area contributed by atoms with Crippen molar-refractivity contribution in [3.63, 3.8) is 0 Å². The minimum atomic E-state index is -0.168. The zero-order valence-electron chi connectivity index (χ0n) is 11.6. The number of nitrogens with one attached hydrogen (secondary N) is 1. The fourth-order valence-electron chi connectivity index (χ4n) is 2.00. The second kappa shape index (κ2) is 5.65. The number of para-hydroxylation sites is 1. The monoisotopic (exact) mass is 270 g/mol. The van der Waals surface area contributed by atoms with Crippen LogP contribution in [0.15, 0.2) is 36.4 Å². The van der Waals surface area contributed by atoms with E-state index in [0.29, 0.717) is 11.3 Å². The van der Waals surface area contributed by atoms with Gasteiger partial charge in [0.25, 0.3) is 0 Å². The summed E-state index contributed by atoms with van der Waals surface area (Å²) in [4.78, 5) is 12.0. The fraction of sp³-hybridized carbons (Fsp3) is 0.188. The summed E-state index contributed by atoms with van der Waals surface area (Å²) in [6.45, 7) is 3.79. The predicted molar refractivity (Wildman–Crippen MR) is 80.8 cm³/mol. The van der Waals surface area contributed by atoms with E-state index in [4.69, 9.17) is 5.73 Å². The maximum atomic E-state index is 12.0. The molecule has 0 aliphatic carbocycles. The quantitative estimate of drug-likeness (QED) is 0.751. The number of benzene rings is 2. The zero-order valence-corrected chi connectivity index (χ0v) is 11.6. The Morgan fingerprint density at radius 2 is 1.90 bits per heavy atom. The standard InChI is InChI=1S/C16H18N2O2/c1-10-8-14(11(2)7-13(10)17)18-16(20)9-12-5-3-4-6-15(12)19/h3-8,19H,9,17H2,1-2H3,(H,18,20). The first-order valence-corrected chi connectivity index (χ1v) is 6.41. The first-order chi connectivity index (χ1) is 9.47. The highest BCUT2D eigenvalue weighted by atomic mass is 16.3. The molecule has 0 radical (unpaired) electrons. The van der Waals surface area contributed by atoms with Crippen molar-refractivity contribution in [3.8, 4) is 5.75 Å². The molecule has 4 heteroatoms. The van der Waals surface area contributed by atoms with Gasteiger partial charge in [0.1, 0.15) is 5.75 Å². The largest absolute Gasteiger partial charge is 0.508 e. The van der Waals surface area contributed by atoms with Crippen LogP contribution in [0.1, 0.15) is 16.7 Å². The zero-order chi connectivity index (χ0) is 14.7. The molecule has 2 aromatic carbocycles. The van der Waals surface area contributed by atoms with E-state index in [1.807, 2.05) is 26.0 Å². The molecular weight excluding hydrogens is 252 g/mol. The summed E-state index contributed by atoms with van der Waals surface area (Å²) in [5.41, 5.74) is 9.72. The summed E-state index contributed by atoms with van der Waals surface area (Å²) in [5.74, 6) is -0.0355. The normalized spacial score (nSPS) is 10.3. The molecule has 4 nitrogen and oxygen atoms in total. The summed E-state index contributed by atoms with van der Waals surface area (Å²) in [6.07, 6.45) is 0.134. The Hall–Kier alpha value is -2.49. The number of hydrogen-bond donors (Lipinski definition) is 3. The molecule has 2 aromatic rings. The Kier molecular flexibility index (Phi) is 3.94. The molecule has 0 aliphatic heterocycles. The topological polar surface area (TPSA) is 75.3 Å². The molecule has 0 aliphatic rings. The SMILES string of the molecule is Cc1cc(NC(=O)Cc2ccccc2O)c(C)cc1N. The van der Waals surface area contributed by atoms with Gasteiger partial charge in [-0.25, -0.2) is 0 Å². The molecule has 0 atom stereocenters. The van der Waals surface area contributed by atoms with Crippen LogP contribution in [-0.2, 0) is 11.2 Å². The van der Waals surface area contributed by atoms with Gasteiger partial charge in [-0.2, -0.15) is 0 Å². The highest BCUT2D eigenvalue weighted by molar-refractivity contribution is 5.93. The molecular formula is C16H18N2O2. The molecule has 0 saturated heterocycles. The van der Waals surface area contributed by atoms with Gasteiger partial charge in [0.05, 0.1) is 6.42 Å². The summed E-state index contributed by atoms with van der Waals surface area (Å²) in [6, 6.07) is 10.5. The van der Waals surface area contributed by atoms with Gasteiger partial charge in [-0.05, 0) is 43.2 Å². The smallest absolute Gasteiger partial charge is 0.228 e. The van der Waals surface area contributed by atoms with Crippen molar-refractivity contribution in [1.82, 2.24) is 0 Å². The number of aromatic hydroxyl groups is 1. The van der Waals surface area contributed by atoms with Crippen molar-refractivity contribution in [2.45, 2.75) is 20.3 Å². The molecule has 0 saturated carbocycles.